The Balaban J connectivity index is 1.89. The van der Waals surface area contributed by atoms with E-state index >= 15 is 0 Å². The van der Waals surface area contributed by atoms with E-state index < -0.39 is 34.0 Å². The number of aliphatic hydroxyl groups excluding tert-OH is 1. The Kier molecular flexibility index (Phi) is 3.62. The Morgan fingerprint density at radius 2 is 2.05 bits per heavy atom. The van der Waals surface area contributed by atoms with Gasteiger partial charge in [-0.1, -0.05) is 0 Å². The van der Waals surface area contributed by atoms with Gasteiger partial charge >= 0.3 is 0 Å². The van der Waals surface area contributed by atoms with Crippen molar-refractivity contribution in [3.05, 3.63) is 35.4 Å². The molecule has 1 aliphatic heterocycles. The summed E-state index contributed by atoms with van der Waals surface area (Å²) in [6.45, 7) is 0.0693. The molecule has 1 amide bonds. The second-order valence-electron chi connectivity index (χ2n) is 5.58. The largest absolute Gasteiger partial charge is 0.391 e. The molecule has 0 aromatic heterocycles. The number of nitrogens with zero attached hydrogens (tertiary/aromatic N) is 1. The zero-order chi connectivity index (χ0) is 15.4. The molecule has 7 heteroatoms. The first-order valence-corrected chi connectivity index (χ1v) is 7.36. The number of alkyl halides is 2. The van der Waals surface area contributed by atoms with Crippen molar-refractivity contribution in [2.45, 2.75) is 29.3 Å². The van der Waals surface area contributed by atoms with Crippen LogP contribution in [0.5, 0.6) is 0 Å². The van der Waals surface area contributed by atoms with Gasteiger partial charge in [-0.25, -0.2) is 8.78 Å². The van der Waals surface area contributed by atoms with Crippen LogP contribution in [0.2, 0.25) is 0 Å². The maximum atomic E-state index is 13.9. The predicted octanol–water partition coefficient (Wildman–Crippen LogP) is 2.79. The van der Waals surface area contributed by atoms with Gasteiger partial charge in [0.25, 0.3) is 0 Å². The molecule has 1 aliphatic carbocycles. The van der Waals surface area contributed by atoms with Crippen molar-refractivity contribution in [2.75, 3.05) is 6.54 Å². The highest BCUT2D eigenvalue weighted by molar-refractivity contribution is 6.52. The van der Waals surface area contributed by atoms with Crippen LogP contribution in [0.4, 0.5) is 8.78 Å². The van der Waals surface area contributed by atoms with Crippen LogP contribution in [0.25, 0.3) is 0 Å². The fraction of sp³-hybridized carbons (Fsp3) is 0.500. The highest BCUT2D eigenvalue weighted by atomic mass is 35.5. The summed E-state index contributed by atoms with van der Waals surface area (Å²) in [5.74, 6) is -2.07. The second-order valence-corrected chi connectivity index (χ2v) is 7.12. The Bertz CT molecular complexity index is 596. The van der Waals surface area contributed by atoms with E-state index in [-0.39, 0.29) is 24.4 Å². The highest BCUT2D eigenvalue weighted by Crippen LogP contribution is 2.55. The minimum Gasteiger partial charge on any atom is -0.391 e. The highest BCUT2D eigenvalue weighted by Gasteiger charge is 2.58. The number of rotatable bonds is 2. The van der Waals surface area contributed by atoms with E-state index in [9.17, 15) is 18.7 Å². The molecule has 1 aromatic rings. The lowest BCUT2D eigenvalue weighted by atomic mass is 10.0. The van der Waals surface area contributed by atoms with Crippen molar-refractivity contribution in [1.82, 2.24) is 4.90 Å². The van der Waals surface area contributed by atoms with Crippen molar-refractivity contribution in [3.63, 3.8) is 0 Å². The SMILES string of the molecule is O=C(C1CC1(Cl)Cl)N1CC(O)CC1c1cc(F)ccc1F. The van der Waals surface area contributed by atoms with Gasteiger partial charge in [-0.3, -0.25) is 4.79 Å². The summed E-state index contributed by atoms with van der Waals surface area (Å²) in [5.41, 5.74) is 0.0651. The predicted molar refractivity (Wildman–Crippen MR) is 74.0 cm³/mol. The van der Waals surface area contributed by atoms with Crippen LogP contribution in [0.3, 0.4) is 0 Å². The number of carbonyl (C=O) groups is 1. The molecule has 3 rings (SSSR count). The molecule has 0 spiro atoms. The smallest absolute Gasteiger partial charge is 0.229 e. The first kappa shape index (κ1) is 15.0. The van der Waals surface area contributed by atoms with E-state index in [4.69, 9.17) is 23.2 Å². The number of amides is 1. The average Bonchev–Trinajstić information content (AvgIpc) is 2.87. The molecule has 3 nitrogen and oxygen atoms in total. The molecule has 3 atom stereocenters. The Hall–Kier alpha value is -0.910. The van der Waals surface area contributed by atoms with E-state index in [1.807, 2.05) is 0 Å². The van der Waals surface area contributed by atoms with Gasteiger partial charge in [-0.2, -0.15) is 0 Å². The maximum absolute atomic E-state index is 13.9. The normalized spacial score (nSPS) is 30.5. The van der Waals surface area contributed by atoms with Crippen molar-refractivity contribution in [1.29, 1.82) is 0 Å². The van der Waals surface area contributed by atoms with Gasteiger partial charge in [-0.15, -0.1) is 23.2 Å². The molecular weight excluding hydrogens is 323 g/mol. The molecular formula is C14H13Cl2F2NO2. The van der Waals surface area contributed by atoms with E-state index in [1.54, 1.807) is 0 Å². The van der Waals surface area contributed by atoms with Gasteiger partial charge in [0.05, 0.1) is 18.1 Å². The maximum Gasteiger partial charge on any atom is 0.229 e. The van der Waals surface area contributed by atoms with E-state index in [1.165, 1.54) is 4.90 Å². The summed E-state index contributed by atoms with van der Waals surface area (Å²) in [5, 5.41) is 9.80. The fourth-order valence-electron chi connectivity index (χ4n) is 2.80. The third kappa shape index (κ3) is 2.74. The Labute approximate surface area is 130 Å². The topological polar surface area (TPSA) is 40.5 Å². The second kappa shape index (κ2) is 5.07. The molecule has 0 bridgehead atoms. The van der Waals surface area contributed by atoms with Crippen LogP contribution >= 0.6 is 23.2 Å². The van der Waals surface area contributed by atoms with Crippen molar-refractivity contribution in [2.24, 2.45) is 5.92 Å². The summed E-state index contributed by atoms with van der Waals surface area (Å²) in [6.07, 6.45) is -0.281. The van der Waals surface area contributed by atoms with Crippen LogP contribution in [0, 0.1) is 17.6 Å². The average molecular weight is 336 g/mol. The molecule has 1 aromatic carbocycles. The number of likely N-dealkylation sites (tertiary alicyclic amines) is 1. The quantitative estimate of drug-likeness (QED) is 0.844. The number of β-amino-alcohol motifs (C(OH)–C–C–N with tert-alkyl or cyclic N) is 1. The van der Waals surface area contributed by atoms with Crippen LogP contribution < -0.4 is 0 Å². The van der Waals surface area contributed by atoms with Gasteiger partial charge in [0.15, 0.2) is 0 Å². The van der Waals surface area contributed by atoms with Crippen molar-refractivity contribution >= 4 is 29.1 Å². The Morgan fingerprint density at radius 3 is 2.67 bits per heavy atom. The lowest BCUT2D eigenvalue weighted by Crippen LogP contribution is -2.34. The molecule has 1 N–H and O–H groups in total. The molecule has 1 saturated carbocycles. The van der Waals surface area contributed by atoms with Gasteiger partial charge in [-0.05, 0) is 31.0 Å². The van der Waals surface area contributed by atoms with E-state index in [0.29, 0.717) is 6.42 Å². The summed E-state index contributed by atoms with van der Waals surface area (Å²) >= 11 is 11.8. The molecule has 1 heterocycles. The number of halogens is 4. The molecule has 114 valence electrons. The first-order chi connectivity index (χ1) is 9.79. The number of hydrogen-bond donors (Lipinski definition) is 1. The zero-order valence-electron chi connectivity index (χ0n) is 10.9. The van der Waals surface area contributed by atoms with Crippen molar-refractivity contribution in [3.8, 4) is 0 Å². The summed E-state index contributed by atoms with van der Waals surface area (Å²) in [7, 11) is 0. The number of carbonyl (C=O) groups excluding carboxylic acids is 1. The minimum absolute atomic E-state index is 0.0651. The standard InChI is InChI=1S/C14H13Cl2F2NO2/c15-14(16)5-10(14)13(21)19-6-8(20)4-12(19)9-3-7(17)1-2-11(9)18/h1-3,8,10,12,20H,4-6H2. The molecule has 0 radical (unpaired) electrons. The van der Waals surface area contributed by atoms with Crippen LogP contribution in [-0.2, 0) is 4.79 Å². The summed E-state index contributed by atoms with van der Waals surface area (Å²) < 4.78 is 26.2. The molecule has 3 unspecified atom stereocenters. The molecule has 2 fully saturated rings. The third-order valence-electron chi connectivity index (χ3n) is 4.00. The number of aliphatic hydroxyl groups is 1. The van der Waals surface area contributed by atoms with Crippen molar-refractivity contribution < 1.29 is 18.7 Å². The first-order valence-electron chi connectivity index (χ1n) is 6.61. The van der Waals surface area contributed by atoms with Gasteiger partial charge in [0.2, 0.25) is 5.91 Å². The molecule has 1 saturated heterocycles. The van der Waals surface area contributed by atoms with E-state index in [2.05, 4.69) is 0 Å². The van der Waals surface area contributed by atoms with Crippen LogP contribution in [0.15, 0.2) is 18.2 Å². The third-order valence-corrected chi connectivity index (χ3v) is 4.84. The van der Waals surface area contributed by atoms with E-state index in [0.717, 1.165) is 18.2 Å². The number of benzene rings is 1. The van der Waals surface area contributed by atoms with Crippen LogP contribution in [-0.4, -0.2) is 32.9 Å². The molecule has 2 aliphatic rings. The lowest BCUT2D eigenvalue weighted by molar-refractivity contribution is -0.133. The minimum atomic E-state index is -1.09. The van der Waals surface area contributed by atoms with Gasteiger partial charge in [0, 0.05) is 12.1 Å². The monoisotopic (exact) mass is 335 g/mol. The van der Waals surface area contributed by atoms with Gasteiger partial charge in [0.1, 0.15) is 16.0 Å². The van der Waals surface area contributed by atoms with Gasteiger partial charge < -0.3 is 10.0 Å². The summed E-state index contributed by atoms with van der Waals surface area (Å²) in [4.78, 5) is 13.7. The number of hydrogen-bond acceptors (Lipinski definition) is 2. The lowest BCUT2D eigenvalue weighted by Gasteiger charge is -2.25. The fourth-order valence-corrected chi connectivity index (χ4v) is 3.30. The zero-order valence-corrected chi connectivity index (χ0v) is 12.4. The van der Waals surface area contributed by atoms with Crippen LogP contribution in [0.1, 0.15) is 24.4 Å². The Morgan fingerprint density at radius 1 is 1.38 bits per heavy atom. The summed E-state index contributed by atoms with van der Waals surface area (Å²) in [6, 6.07) is 2.38. The molecule has 21 heavy (non-hydrogen) atoms.